The first-order chi connectivity index (χ1) is 6.83. The van der Waals surface area contributed by atoms with E-state index in [1.165, 1.54) is 0 Å². The van der Waals surface area contributed by atoms with Crippen LogP contribution < -0.4 is 11.1 Å². The second-order valence-electron chi connectivity index (χ2n) is 3.55. The number of rotatable bonds is 1. The Bertz CT molecular complexity index is 356. The lowest BCUT2D eigenvalue weighted by atomic mass is 9.94. The van der Waals surface area contributed by atoms with Crippen LogP contribution in [-0.2, 0) is 0 Å². The number of anilines is 1. The summed E-state index contributed by atoms with van der Waals surface area (Å²) in [5, 5.41) is 18.9. The Hall–Kier alpha value is -1.54. The molecule has 0 bridgehead atoms. The molecule has 1 aliphatic heterocycles. The van der Waals surface area contributed by atoms with Gasteiger partial charge in [0.05, 0.1) is 5.69 Å². The van der Waals surface area contributed by atoms with Crippen LogP contribution >= 0.6 is 0 Å². The molecular formula is C9H13N5. The summed E-state index contributed by atoms with van der Waals surface area (Å²) in [6, 6.07) is 2.09. The van der Waals surface area contributed by atoms with Crippen molar-refractivity contribution in [1.29, 1.82) is 5.26 Å². The predicted octanol–water partition coefficient (Wildman–Crippen LogP) is 0.331. The van der Waals surface area contributed by atoms with Gasteiger partial charge in [0.25, 0.3) is 0 Å². The topological polar surface area (TPSA) is 90.5 Å². The fraction of sp³-hybridized carbons (Fsp3) is 0.556. The van der Waals surface area contributed by atoms with Crippen molar-refractivity contribution < 1.29 is 0 Å². The monoisotopic (exact) mass is 191 g/mol. The van der Waals surface area contributed by atoms with Crippen LogP contribution in [0.2, 0.25) is 0 Å². The molecule has 0 radical (unpaired) electrons. The van der Waals surface area contributed by atoms with Crippen LogP contribution in [0.15, 0.2) is 0 Å². The van der Waals surface area contributed by atoms with Gasteiger partial charge in [0.15, 0.2) is 5.82 Å². The summed E-state index contributed by atoms with van der Waals surface area (Å²) in [4.78, 5) is 0. The number of nitrogens with zero attached hydrogens (tertiary/aromatic N) is 2. The SMILES string of the molecule is N#Cc1c(N)n[nH]c1C1CCCNC1. The predicted molar refractivity (Wildman–Crippen MR) is 52.6 cm³/mol. The minimum absolute atomic E-state index is 0.313. The van der Waals surface area contributed by atoms with Crippen LogP contribution in [-0.4, -0.2) is 23.3 Å². The van der Waals surface area contributed by atoms with Gasteiger partial charge in [0, 0.05) is 12.5 Å². The van der Waals surface area contributed by atoms with Gasteiger partial charge in [0.1, 0.15) is 11.6 Å². The fourth-order valence-corrected chi connectivity index (χ4v) is 1.88. The van der Waals surface area contributed by atoms with E-state index in [4.69, 9.17) is 11.0 Å². The van der Waals surface area contributed by atoms with Crippen molar-refractivity contribution in [3.63, 3.8) is 0 Å². The third-order valence-corrected chi connectivity index (χ3v) is 2.64. The summed E-state index contributed by atoms with van der Waals surface area (Å²) in [6.45, 7) is 1.96. The van der Waals surface area contributed by atoms with E-state index >= 15 is 0 Å². The Morgan fingerprint density at radius 2 is 2.43 bits per heavy atom. The third kappa shape index (κ3) is 1.44. The molecule has 2 rings (SSSR count). The number of nitrogens with one attached hydrogen (secondary N) is 2. The summed E-state index contributed by atoms with van der Waals surface area (Å²) < 4.78 is 0. The molecule has 1 aromatic rings. The molecule has 0 amide bonds. The van der Waals surface area contributed by atoms with Crippen LogP contribution in [0.4, 0.5) is 5.82 Å². The molecule has 0 aliphatic carbocycles. The Kier molecular flexibility index (Phi) is 2.37. The van der Waals surface area contributed by atoms with Crippen LogP contribution in [0.25, 0.3) is 0 Å². The number of hydrogen-bond acceptors (Lipinski definition) is 4. The highest BCUT2D eigenvalue weighted by atomic mass is 15.2. The van der Waals surface area contributed by atoms with Gasteiger partial charge >= 0.3 is 0 Å². The zero-order chi connectivity index (χ0) is 9.97. The molecule has 1 atom stereocenters. The van der Waals surface area contributed by atoms with Gasteiger partial charge in [-0.05, 0) is 19.4 Å². The number of nitriles is 1. The lowest BCUT2D eigenvalue weighted by Gasteiger charge is -2.21. The number of H-pyrrole nitrogens is 1. The van der Waals surface area contributed by atoms with Crippen molar-refractivity contribution in [2.45, 2.75) is 18.8 Å². The van der Waals surface area contributed by atoms with Gasteiger partial charge in [-0.2, -0.15) is 10.4 Å². The standard InChI is InChI=1S/C9H13N5/c10-4-7-8(13-14-9(7)11)6-2-1-3-12-5-6/h6,12H,1-3,5H2,(H3,11,13,14). The molecule has 1 fully saturated rings. The molecule has 5 heteroatoms. The average Bonchev–Trinajstić information content (AvgIpc) is 2.61. The van der Waals surface area contributed by atoms with E-state index in [1.54, 1.807) is 0 Å². The van der Waals surface area contributed by atoms with E-state index in [0.717, 1.165) is 31.6 Å². The molecule has 4 N–H and O–H groups in total. The van der Waals surface area contributed by atoms with Crippen LogP contribution in [0, 0.1) is 11.3 Å². The Morgan fingerprint density at radius 1 is 1.57 bits per heavy atom. The normalized spacial score (nSPS) is 21.8. The van der Waals surface area contributed by atoms with Crippen molar-refractivity contribution in [2.24, 2.45) is 0 Å². The fourth-order valence-electron chi connectivity index (χ4n) is 1.88. The Labute approximate surface area is 82.3 Å². The number of hydrogen-bond donors (Lipinski definition) is 3. The van der Waals surface area contributed by atoms with Crippen molar-refractivity contribution in [3.05, 3.63) is 11.3 Å². The minimum atomic E-state index is 0.313. The van der Waals surface area contributed by atoms with Crippen molar-refractivity contribution >= 4 is 5.82 Å². The maximum atomic E-state index is 8.91. The largest absolute Gasteiger partial charge is 0.381 e. The van der Waals surface area contributed by atoms with Gasteiger partial charge in [-0.1, -0.05) is 0 Å². The van der Waals surface area contributed by atoms with Gasteiger partial charge in [-0.3, -0.25) is 5.10 Å². The van der Waals surface area contributed by atoms with Crippen LogP contribution in [0.1, 0.15) is 30.0 Å². The summed E-state index contributed by atoms with van der Waals surface area (Å²) >= 11 is 0. The first-order valence-electron chi connectivity index (χ1n) is 4.77. The van der Waals surface area contributed by atoms with E-state index in [0.29, 0.717) is 17.3 Å². The van der Waals surface area contributed by atoms with E-state index in [2.05, 4.69) is 21.6 Å². The molecule has 0 spiro atoms. The van der Waals surface area contributed by atoms with Crippen molar-refractivity contribution in [2.75, 3.05) is 18.8 Å². The maximum Gasteiger partial charge on any atom is 0.163 e. The first kappa shape index (κ1) is 9.03. The first-order valence-corrected chi connectivity index (χ1v) is 4.77. The highest BCUT2D eigenvalue weighted by molar-refractivity contribution is 5.52. The van der Waals surface area contributed by atoms with Gasteiger partial charge in [-0.15, -0.1) is 0 Å². The number of aromatic nitrogens is 2. The molecule has 5 nitrogen and oxygen atoms in total. The summed E-state index contributed by atoms with van der Waals surface area (Å²) in [5.74, 6) is 0.663. The molecule has 1 saturated heterocycles. The Balaban J connectivity index is 2.26. The van der Waals surface area contributed by atoms with Gasteiger partial charge in [0.2, 0.25) is 0 Å². The van der Waals surface area contributed by atoms with E-state index in [-0.39, 0.29) is 0 Å². The third-order valence-electron chi connectivity index (χ3n) is 2.64. The van der Waals surface area contributed by atoms with E-state index in [1.807, 2.05) is 0 Å². The second kappa shape index (κ2) is 3.68. The zero-order valence-electron chi connectivity index (χ0n) is 7.88. The molecule has 0 saturated carbocycles. The highest BCUT2D eigenvalue weighted by Crippen LogP contribution is 2.26. The smallest absolute Gasteiger partial charge is 0.163 e. The lowest BCUT2D eigenvalue weighted by Crippen LogP contribution is -2.28. The molecule has 1 aliphatic rings. The zero-order valence-corrected chi connectivity index (χ0v) is 7.88. The van der Waals surface area contributed by atoms with E-state index in [9.17, 15) is 0 Å². The lowest BCUT2D eigenvalue weighted by molar-refractivity contribution is 0.453. The van der Waals surface area contributed by atoms with E-state index < -0.39 is 0 Å². The molecule has 74 valence electrons. The molecule has 1 unspecified atom stereocenters. The molecule has 14 heavy (non-hydrogen) atoms. The molecule has 1 aromatic heterocycles. The van der Waals surface area contributed by atoms with Crippen molar-refractivity contribution in [3.8, 4) is 6.07 Å². The molecule has 0 aromatic carbocycles. The quantitative estimate of drug-likeness (QED) is 0.596. The average molecular weight is 191 g/mol. The van der Waals surface area contributed by atoms with Gasteiger partial charge in [-0.25, -0.2) is 0 Å². The van der Waals surface area contributed by atoms with Gasteiger partial charge < -0.3 is 11.1 Å². The summed E-state index contributed by atoms with van der Waals surface area (Å²) in [7, 11) is 0. The molecular weight excluding hydrogens is 178 g/mol. The number of aromatic amines is 1. The minimum Gasteiger partial charge on any atom is -0.381 e. The summed E-state index contributed by atoms with van der Waals surface area (Å²) in [5.41, 5.74) is 6.97. The highest BCUT2D eigenvalue weighted by Gasteiger charge is 2.21. The second-order valence-corrected chi connectivity index (χ2v) is 3.55. The van der Waals surface area contributed by atoms with Crippen molar-refractivity contribution in [1.82, 2.24) is 15.5 Å². The Morgan fingerprint density at radius 3 is 3.07 bits per heavy atom. The number of piperidine rings is 1. The summed E-state index contributed by atoms with van der Waals surface area (Å²) in [6.07, 6.45) is 2.22. The van der Waals surface area contributed by atoms with Crippen LogP contribution in [0.5, 0.6) is 0 Å². The number of nitrogens with two attached hydrogens (primary N) is 1. The molecule has 2 heterocycles. The van der Waals surface area contributed by atoms with Crippen LogP contribution in [0.3, 0.4) is 0 Å². The number of nitrogen functional groups attached to an aromatic ring is 1. The maximum absolute atomic E-state index is 8.91.